The van der Waals surface area contributed by atoms with Gasteiger partial charge >= 0.3 is 0 Å². The number of halogens is 1. The minimum Gasteiger partial charge on any atom is -0.358 e. The maximum atomic E-state index is 13.7. The Hall–Kier alpha value is -1.35. The van der Waals surface area contributed by atoms with Crippen LogP contribution in [0.5, 0.6) is 0 Å². The van der Waals surface area contributed by atoms with Crippen molar-refractivity contribution in [1.29, 1.82) is 0 Å². The fourth-order valence-electron chi connectivity index (χ4n) is 2.94. The van der Waals surface area contributed by atoms with Crippen molar-refractivity contribution in [2.24, 2.45) is 5.73 Å². The smallest absolute Gasteiger partial charge is 0.127 e. The number of aryl methyl sites for hydroxylation is 2. The molecular formula is C13H15FN2. The number of nitrogens with one attached hydrogen (secondary N) is 1. The summed E-state index contributed by atoms with van der Waals surface area (Å²) < 4.78 is 13.7. The first-order chi connectivity index (χ1) is 7.72. The van der Waals surface area contributed by atoms with E-state index < -0.39 is 0 Å². The molecule has 1 aromatic carbocycles. The van der Waals surface area contributed by atoms with Crippen LogP contribution in [0.4, 0.5) is 4.39 Å². The summed E-state index contributed by atoms with van der Waals surface area (Å²) in [6.07, 6.45) is 1.76. The van der Waals surface area contributed by atoms with Gasteiger partial charge in [-0.05, 0) is 55.5 Å². The van der Waals surface area contributed by atoms with Crippen molar-refractivity contribution in [1.82, 2.24) is 4.98 Å². The summed E-state index contributed by atoms with van der Waals surface area (Å²) in [7, 11) is 0. The number of aromatic amines is 1. The second-order valence-electron chi connectivity index (χ2n) is 4.58. The summed E-state index contributed by atoms with van der Waals surface area (Å²) in [6, 6.07) is 3.38. The Balaban J connectivity index is 2.40. The molecular weight excluding hydrogens is 203 g/mol. The molecule has 16 heavy (non-hydrogen) atoms. The molecule has 0 spiro atoms. The SMILES string of the molecule is Cc1[nH]c2ccc(F)c3c2c1C(CN)CC3. The van der Waals surface area contributed by atoms with Crippen LogP contribution in [0.15, 0.2) is 12.1 Å². The van der Waals surface area contributed by atoms with Gasteiger partial charge in [0.05, 0.1) is 0 Å². The summed E-state index contributed by atoms with van der Waals surface area (Å²) in [5.74, 6) is 0.297. The number of aromatic nitrogens is 1. The van der Waals surface area contributed by atoms with Gasteiger partial charge < -0.3 is 10.7 Å². The Morgan fingerprint density at radius 3 is 3.06 bits per heavy atom. The van der Waals surface area contributed by atoms with E-state index in [0.717, 1.165) is 35.0 Å². The third-order valence-corrected chi connectivity index (χ3v) is 3.69. The van der Waals surface area contributed by atoms with Crippen molar-refractivity contribution >= 4 is 10.9 Å². The molecule has 3 N–H and O–H groups in total. The quantitative estimate of drug-likeness (QED) is 0.759. The largest absolute Gasteiger partial charge is 0.358 e. The second kappa shape index (κ2) is 3.32. The van der Waals surface area contributed by atoms with Gasteiger partial charge in [-0.1, -0.05) is 0 Å². The molecule has 0 fully saturated rings. The average Bonchev–Trinajstić information content (AvgIpc) is 2.63. The first-order valence-corrected chi connectivity index (χ1v) is 5.72. The number of rotatable bonds is 1. The lowest BCUT2D eigenvalue weighted by Crippen LogP contribution is -2.17. The lowest BCUT2D eigenvalue weighted by Gasteiger charge is -2.22. The predicted octanol–water partition coefficient (Wildman–Crippen LogP) is 2.60. The molecule has 0 bridgehead atoms. The summed E-state index contributed by atoms with van der Waals surface area (Å²) in [4.78, 5) is 3.33. The van der Waals surface area contributed by atoms with Crippen LogP contribution >= 0.6 is 0 Å². The van der Waals surface area contributed by atoms with Gasteiger partial charge in [0.25, 0.3) is 0 Å². The molecule has 1 aromatic heterocycles. The minimum absolute atomic E-state index is 0.0804. The Labute approximate surface area is 93.6 Å². The van der Waals surface area contributed by atoms with Crippen LogP contribution in [0.2, 0.25) is 0 Å². The van der Waals surface area contributed by atoms with E-state index in [1.807, 2.05) is 13.0 Å². The summed E-state index contributed by atoms with van der Waals surface area (Å²) in [5, 5.41) is 1.08. The Kier molecular flexibility index (Phi) is 2.04. The molecule has 1 unspecified atom stereocenters. The van der Waals surface area contributed by atoms with Gasteiger partial charge in [-0.3, -0.25) is 0 Å². The van der Waals surface area contributed by atoms with Crippen LogP contribution in [0.1, 0.15) is 29.2 Å². The minimum atomic E-state index is -0.0804. The van der Waals surface area contributed by atoms with Crippen molar-refractivity contribution in [2.75, 3.05) is 6.54 Å². The summed E-state index contributed by atoms with van der Waals surface area (Å²) in [5.41, 5.74) is 10.1. The molecule has 1 aliphatic carbocycles. The highest BCUT2D eigenvalue weighted by Gasteiger charge is 2.26. The molecule has 1 aliphatic rings. The topological polar surface area (TPSA) is 41.8 Å². The monoisotopic (exact) mass is 218 g/mol. The van der Waals surface area contributed by atoms with Gasteiger partial charge in [0.2, 0.25) is 0 Å². The van der Waals surface area contributed by atoms with Gasteiger partial charge in [-0.15, -0.1) is 0 Å². The molecule has 0 radical (unpaired) electrons. The highest BCUT2D eigenvalue weighted by atomic mass is 19.1. The van der Waals surface area contributed by atoms with Crippen molar-refractivity contribution in [3.8, 4) is 0 Å². The van der Waals surface area contributed by atoms with Crippen LogP contribution in [-0.4, -0.2) is 11.5 Å². The standard InChI is InChI=1S/C13H15FN2/c1-7-12-8(6-15)2-3-9-10(14)4-5-11(16-7)13(9)12/h4-5,8,16H,2-3,6,15H2,1H3. The Morgan fingerprint density at radius 2 is 2.31 bits per heavy atom. The molecule has 3 heteroatoms. The van der Waals surface area contributed by atoms with Crippen LogP contribution in [0.3, 0.4) is 0 Å². The van der Waals surface area contributed by atoms with Crippen molar-refractivity contribution < 1.29 is 4.39 Å². The van der Waals surface area contributed by atoms with E-state index in [0.29, 0.717) is 12.5 Å². The fraction of sp³-hybridized carbons (Fsp3) is 0.385. The van der Waals surface area contributed by atoms with E-state index in [4.69, 9.17) is 5.73 Å². The number of H-pyrrole nitrogens is 1. The van der Waals surface area contributed by atoms with E-state index in [1.165, 1.54) is 5.56 Å². The van der Waals surface area contributed by atoms with Crippen molar-refractivity contribution in [3.63, 3.8) is 0 Å². The maximum absolute atomic E-state index is 13.7. The van der Waals surface area contributed by atoms with Gasteiger partial charge in [-0.2, -0.15) is 0 Å². The van der Waals surface area contributed by atoms with Gasteiger partial charge in [0, 0.05) is 16.6 Å². The maximum Gasteiger partial charge on any atom is 0.127 e. The fourth-order valence-corrected chi connectivity index (χ4v) is 2.94. The molecule has 0 saturated heterocycles. The van der Waals surface area contributed by atoms with E-state index in [1.54, 1.807) is 6.07 Å². The van der Waals surface area contributed by atoms with Gasteiger partial charge in [0.15, 0.2) is 0 Å². The lowest BCUT2D eigenvalue weighted by molar-refractivity contribution is 0.575. The zero-order chi connectivity index (χ0) is 11.3. The Bertz CT molecular complexity index is 557. The molecule has 0 aliphatic heterocycles. The van der Waals surface area contributed by atoms with Crippen LogP contribution in [0.25, 0.3) is 10.9 Å². The molecule has 2 nitrogen and oxygen atoms in total. The van der Waals surface area contributed by atoms with E-state index in [-0.39, 0.29) is 5.82 Å². The van der Waals surface area contributed by atoms with E-state index >= 15 is 0 Å². The zero-order valence-corrected chi connectivity index (χ0v) is 9.31. The Morgan fingerprint density at radius 1 is 1.50 bits per heavy atom. The van der Waals surface area contributed by atoms with E-state index in [2.05, 4.69) is 4.98 Å². The van der Waals surface area contributed by atoms with E-state index in [9.17, 15) is 4.39 Å². The third-order valence-electron chi connectivity index (χ3n) is 3.69. The molecule has 0 saturated carbocycles. The van der Waals surface area contributed by atoms with Crippen LogP contribution in [0, 0.1) is 12.7 Å². The number of benzene rings is 1. The lowest BCUT2D eigenvalue weighted by atomic mass is 9.83. The molecule has 84 valence electrons. The van der Waals surface area contributed by atoms with Crippen LogP contribution in [-0.2, 0) is 6.42 Å². The van der Waals surface area contributed by atoms with Crippen molar-refractivity contribution in [3.05, 3.63) is 34.8 Å². The predicted molar refractivity (Wildman–Crippen MR) is 63.1 cm³/mol. The molecule has 1 heterocycles. The van der Waals surface area contributed by atoms with Gasteiger partial charge in [0.1, 0.15) is 5.82 Å². The number of hydrogen-bond acceptors (Lipinski definition) is 1. The molecule has 2 aromatic rings. The normalized spacial score (nSPS) is 19.3. The zero-order valence-electron chi connectivity index (χ0n) is 9.31. The second-order valence-corrected chi connectivity index (χ2v) is 4.58. The highest BCUT2D eigenvalue weighted by molar-refractivity contribution is 5.89. The summed E-state index contributed by atoms with van der Waals surface area (Å²) in [6.45, 7) is 2.69. The number of nitrogens with two attached hydrogens (primary N) is 1. The molecule has 3 rings (SSSR count). The average molecular weight is 218 g/mol. The van der Waals surface area contributed by atoms with Crippen LogP contribution < -0.4 is 5.73 Å². The highest BCUT2D eigenvalue weighted by Crippen LogP contribution is 2.39. The van der Waals surface area contributed by atoms with Gasteiger partial charge in [-0.25, -0.2) is 4.39 Å². The first kappa shape index (κ1) is 9.85. The number of hydrogen-bond donors (Lipinski definition) is 2. The summed E-state index contributed by atoms with van der Waals surface area (Å²) >= 11 is 0. The third kappa shape index (κ3) is 1.15. The molecule has 1 atom stereocenters. The first-order valence-electron chi connectivity index (χ1n) is 5.72. The molecule has 0 amide bonds. The van der Waals surface area contributed by atoms with Crippen molar-refractivity contribution in [2.45, 2.75) is 25.7 Å².